The third-order valence-corrected chi connectivity index (χ3v) is 4.96. The van der Waals surface area contributed by atoms with Crippen molar-refractivity contribution in [3.8, 4) is 0 Å². The predicted octanol–water partition coefficient (Wildman–Crippen LogP) is 5.49. The van der Waals surface area contributed by atoms with Crippen LogP contribution < -0.4 is 5.32 Å². The van der Waals surface area contributed by atoms with E-state index in [2.05, 4.69) is 5.32 Å². The van der Waals surface area contributed by atoms with E-state index in [1.807, 2.05) is 26.0 Å². The maximum absolute atomic E-state index is 12.5. The van der Waals surface area contributed by atoms with Gasteiger partial charge in [0.05, 0.1) is 11.7 Å². The van der Waals surface area contributed by atoms with E-state index in [1.54, 1.807) is 32.1 Å². The Hall–Kier alpha value is -2.11. The van der Waals surface area contributed by atoms with Crippen LogP contribution >= 0.6 is 22.9 Å². The summed E-state index contributed by atoms with van der Waals surface area (Å²) >= 11 is 7.24. The second-order valence-electron chi connectivity index (χ2n) is 6.02. The van der Waals surface area contributed by atoms with E-state index in [9.17, 15) is 9.59 Å². The lowest BCUT2D eigenvalue weighted by Gasteiger charge is -2.10. The van der Waals surface area contributed by atoms with Gasteiger partial charge < -0.3 is 10.1 Å². The van der Waals surface area contributed by atoms with Crippen LogP contribution in [0.5, 0.6) is 0 Å². The largest absolute Gasteiger partial charge is 0.459 e. The molecular formula is C20H22ClNO3S. The molecule has 2 rings (SSSR count). The van der Waals surface area contributed by atoms with Crippen molar-refractivity contribution in [2.45, 2.75) is 40.2 Å². The fraction of sp³-hybridized carbons (Fsp3) is 0.300. The highest BCUT2D eigenvalue weighted by atomic mass is 35.5. The number of aryl methyl sites for hydroxylation is 1. The van der Waals surface area contributed by atoms with E-state index in [-0.39, 0.29) is 12.0 Å². The van der Waals surface area contributed by atoms with Gasteiger partial charge in [0, 0.05) is 16.0 Å². The Labute approximate surface area is 162 Å². The highest BCUT2D eigenvalue weighted by molar-refractivity contribution is 7.16. The zero-order chi connectivity index (χ0) is 19.3. The molecule has 1 aromatic heterocycles. The van der Waals surface area contributed by atoms with E-state index in [4.69, 9.17) is 16.3 Å². The molecule has 138 valence electrons. The van der Waals surface area contributed by atoms with Crippen LogP contribution in [-0.2, 0) is 16.0 Å². The lowest BCUT2D eigenvalue weighted by Crippen LogP contribution is -2.16. The first-order valence-electron chi connectivity index (χ1n) is 8.39. The number of nitrogens with one attached hydrogen (secondary N) is 1. The van der Waals surface area contributed by atoms with Crippen molar-refractivity contribution in [2.24, 2.45) is 0 Å². The number of ether oxygens (including phenoxy) is 1. The van der Waals surface area contributed by atoms with Gasteiger partial charge in [0.2, 0.25) is 5.91 Å². The number of carbonyl (C=O) groups is 2. The number of amides is 1. The Morgan fingerprint density at radius 3 is 2.50 bits per heavy atom. The van der Waals surface area contributed by atoms with Crippen molar-refractivity contribution < 1.29 is 14.3 Å². The number of carbonyl (C=O) groups excluding carboxylic acids is 2. The number of anilines is 1. The van der Waals surface area contributed by atoms with Crippen molar-refractivity contribution in [1.29, 1.82) is 0 Å². The topological polar surface area (TPSA) is 55.4 Å². The van der Waals surface area contributed by atoms with Gasteiger partial charge in [-0.1, -0.05) is 30.7 Å². The molecular weight excluding hydrogens is 370 g/mol. The molecule has 1 amide bonds. The Balaban J connectivity index is 2.21. The van der Waals surface area contributed by atoms with Crippen LogP contribution in [0.1, 0.15) is 47.1 Å². The van der Waals surface area contributed by atoms with Crippen LogP contribution in [0.25, 0.3) is 6.08 Å². The molecule has 0 aliphatic rings. The Bertz CT molecular complexity index is 822. The standard InChI is InChI=1S/C20H22ClNO3S/c1-5-16-13(4)26-19(18(16)20(24)25-12(2)3)22-17(23)11-8-14-6-9-15(21)10-7-14/h6-12H,5H2,1-4H3,(H,22,23). The van der Waals surface area contributed by atoms with Gasteiger partial charge >= 0.3 is 5.97 Å². The first-order chi connectivity index (χ1) is 12.3. The second kappa shape index (κ2) is 9.01. The fourth-order valence-corrected chi connectivity index (χ4v) is 3.74. The molecule has 0 spiro atoms. The molecule has 0 unspecified atom stereocenters. The molecule has 2 aromatic rings. The minimum Gasteiger partial charge on any atom is -0.459 e. The molecule has 1 aromatic carbocycles. The lowest BCUT2D eigenvalue weighted by atomic mass is 10.1. The minimum atomic E-state index is -0.404. The number of halogens is 1. The molecule has 26 heavy (non-hydrogen) atoms. The molecule has 0 aliphatic carbocycles. The summed E-state index contributed by atoms with van der Waals surface area (Å²) in [6, 6.07) is 7.16. The summed E-state index contributed by atoms with van der Waals surface area (Å²) in [7, 11) is 0. The predicted molar refractivity (Wildman–Crippen MR) is 108 cm³/mol. The van der Waals surface area contributed by atoms with Crippen molar-refractivity contribution in [2.75, 3.05) is 5.32 Å². The van der Waals surface area contributed by atoms with E-state index in [0.717, 1.165) is 16.0 Å². The average Bonchev–Trinajstić information content (AvgIpc) is 2.88. The molecule has 0 radical (unpaired) electrons. The van der Waals surface area contributed by atoms with Crippen molar-refractivity contribution in [3.05, 3.63) is 56.9 Å². The zero-order valence-corrected chi connectivity index (χ0v) is 16.8. The summed E-state index contributed by atoms with van der Waals surface area (Å²) in [4.78, 5) is 25.8. The van der Waals surface area contributed by atoms with Crippen LogP contribution in [0.15, 0.2) is 30.3 Å². The molecule has 6 heteroatoms. The van der Waals surface area contributed by atoms with Gasteiger partial charge in [0.25, 0.3) is 0 Å². The second-order valence-corrected chi connectivity index (χ2v) is 7.68. The molecule has 0 atom stereocenters. The molecule has 1 N–H and O–H groups in total. The number of rotatable bonds is 6. The highest BCUT2D eigenvalue weighted by Gasteiger charge is 2.23. The van der Waals surface area contributed by atoms with Gasteiger partial charge in [-0.05, 0) is 56.5 Å². The van der Waals surface area contributed by atoms with Gasteiger partial charge in [-0.2, -0.15) is 0 Å². The number of hydrogen-bond acceptors (Lipinski definition) is 4. The lowest BCUT2D eigenvalue weighted by molar-refractivity contribution is -0.111. The van der Waals surface area contributed by atoms with Crippen LogP contribution in [-0.4, -0.2) is 18.0 Å². The van der Waals surface area contributed by atoms with Crippen molar-refractivity contribution >= 4 is 45.9 Å². The smallest absolute Gasteiger partial charge is 0.341 e. The van der Waals surface area contributed by atoms with E-state index < -0.39 is 5.97 Å². The monoisotopic (exact) mass is 391 g/mol. The maximum atomic E-state index is 12.5. The zero-order valence-electron chi connectivity index (χ0n) is 15.3. The Kier molecular flexibility index (Phi) is 7.00. The maximum Gasteiger partial charge on any atom is 0.341 e. The number of benzene rings is 1. The number of esters is 1. The van der Waals surface area contributed by atoms with Crippen molar-refractivity contribution in [1.82, 2.24) is 0 Å². The van der Waals surface area contributed by atoms with Gasteiger partial charge in [-0.25, -0.2) is 4.79 Å². The molecule has 4 nitrogen and oxygen atoms in total. The normalized spacial score (nSPS) is 11.2. The summed E-state index contributed by atoms with van der Waals surface area (Å²) < 4.78 is 5.34. The molecule has 0 bridgehead atoms. The highest BCUT2D eigenvalue weighted by Crippen LogP contribution is 2.34. The molecule has 0 aliphatic heterocycles. The SMILES string of the molecule is CCc1c(C)sc(NC(=O)C=Cc2ccc(Cl)cc2)c1C(=O)OC(C)C. The third kappa shape index (κ3) is 5.19. The Morgan fingerprint density at radius 1 is 1.27 bits per heavy atom. The molecule has 0 saturated heterocycles. The summed E-state index contributed by atoms with van der Waals surface area (Å²) in [5.41, 5.74) is 2.23. The van der Waals surface area contributed by atoms with E-state index >= 15 is 0 Å². The summed E-state index contributed by atoms with van der Waals surface area (Å²) in [6.45, 7) is 7.52. The quantitative estimate of drug-likeness (QED) is 0.523. The van der Waals surface area contributed by atoms with Gasteiger partial charge in [-0.3, -0.25) is 4.79 Å². The number of thiophene rings is 1. The van der Waals surface area contributed by atoms with E-state index in [0.29, 0.717) is 22.0 Å². The molecule has 1 heterocycles. The first-order valence-corrected chi connectivity index (χ1v) is 9.59. The van der Waals surface area contributed by atoms with Gasteiger partial charge in [0.1, 0.15) is 5.00 Å². The molecule has 0 saturated carbocycles. The van der Waals surface area contributed by atoms with Crippen LogP contribution in [0.3, 0.4) is 0 Å². The summed E-state index contributed by atoms with van der Waals surface area (Å²) in [5.74, 6) is -0.708. The molecule has 0 fully saturated rings. The van der Waals surface area contributed by atoms with Gasteiger partial charge in [-0.15, -0.1) is 11.3 Å². The average molecular weight is 392 g/mol. The summed E-state index contributed by atoms with van der Waals surface area (Å²) in [5, 5.41) is 3.97. The van der Waals surface area contributed by atoms with Crippen molar-refractivity contribution in [3.63, 3.8) is 0 Å². The van der Waals surface area contributed by atoms with Gasteiger partial charge in [0.15, 0.2) is 0 Å². The fourth-order valence-electron chi connectivity index (χ4n) is 2.48. The van der Waals surface area contributed by atoms with Crippen LogP contribution in [0, 0.1) is 6.92 Å². The Morgan fingerprint density at radius 2 is 1.92 bits per heavy atom. The third-order valence-electron chi connectivity index (χ3n) is 3.64. The van der Waals surface area contributed by atoms with Crippen LogP contribution in [0.4, 0.5) is 5.00 Å². The first kappa shape index (κ1) is 20.2. The summed E-state index contributed by atoms with van der Waals surface area (Å²) in [6.07, 6.45) is 3.60. The minimum absolute atomic E-state index is 0.222. The van der Waals surface area contributed by atoms with E-state index in [1.165, 1.54) is 17.4 Å². The number of hydrogen-bond donors (Lipinski definition) is 1. The van der Waals surface area contributed by atoms with Crippen LogP contribution in [0.2, 0.25) is 5.02 Å².